The molecule has 0 fully saturated rings. The van der Waals surface area contributed by atoms with E-state index in [1.54, 1.807) is 0 Å². The number of amides is 2. The molecule has 0 bridgehead atoms. The third-order valence-electron chi connectivity index (χ3n) is 3.47. The molecule has 2 aromatic carbocycles. The van der Waals surface area contributed by atoms with Crippen molar-refractivity contribution >= 4 is 23.4 Å². The van der Waals surface area contributed by atoms with Crippen LogP contribution in [0, 0.1) is 0 Å². The Morgan fingerprint density at radius 1 is 1.12 bits per heavy atom. The Hall–Kier alpha value is -2.73. The molecular weight excluding hydrogens is 356 g/mol. The smallest absolute Gasteiger partial charge is 0.269 e. The van der Waals surface area contributed by atoms with Crippen LogP contribution < -0.4 is 20.3 Å². The number of ether oxygens (including phenoxy) is 2. The van der Waals surface area contributed by atoms with Crippen LogP contribution in [0.15, 0.2) is 42.5 Å². The van der Waals surface area contributed by atoms with Crippen molar-refractivity contribution < 1.29 is 19.1 Å². The van der Waals surface area contributed by atoms with Gasteiger partial charge in [-0.3, -0.25) is 20.4 Å². The largest absolute Gasteiger partial charge is 0.493 e. The van der Waals surface area contributed by atoms with Gasteiger partial charge in [0.25, 0.3) is 5.91 Å². The molecule has 0 heterocycles. The number of hydrazine groups is 1. The highest BCUT2D eigenvalue weighted by Gasteiger charge is 2.16. The van der Waals surface area contributed by atoms with E-state index in [0.29, 0.717) is 18.1 Å². The van der Waals surface area contributed by atoms with E-state index in [0.717, 1.165) is 12.0 Å². The molecule has 0 aromatic heterocycles. The van der Waals surface area contributed by atoms with Gasteiger partial charge in [-0.1, -0.05) is 48.9 Å². The number of methoxy groups -OCH3 is 1. The predicted octanol–water partition coefficient (Wildman–Crippen LogP) is 3.14. The highest BCUT2D eigenvalue weighted by molar-refractivity contribution is 6.32. The number of hydrogen-bond acceptors (Lipinski definition) is 4. The minimum atomic E-state index is -0.506. The molecule has 2 aromatic rings. The lowest BCUT2D eigenvalue weighted by atomic mass is 10.1. The molecule has 2 amide bonds. The van der Waals surface area contributed by atoms with Gasteiger partial charge in [0.2, 0.25) is 5.91 Å². The van der Waals surface area contributed by atoms with Crippen LogP contribution in [0.1, 0.15) is 29.3 Å². The summed E-state index contributed by atoms with van der Waals surface area (Å²) in [5, 5.41) is 0.263. The van der Waals surface area contributed by atoms with Crippen LogP contribution in [0.4, 0.5) is 0 Å². The maximum atomic E-state index is 12.3. The summed E-state index contributed by atoms with van der Waals surface area (Å²) in [5.74, 6) is -0.0912. The lowest BCUT2D eigenvalue weighted by Crippen LogP contribution is -2.42. The van der Waals surface area contributed by atoms with Gasteiger partial charge in [0.15, 0.2) is 11.5 Å². The summed E-state index contributed by atoms with van der Waals surface area (Å²) in [6.45, 7) is 2.46. The van der Waals surface area contributed by atoms with Gasteiger partial charge in [-0.15, -0.1) is 0 Å². The second-order valence-electron chi connectivity index (χ2n) is 5.50. The van der Waals surface area contributed by atoms with Crippen molar-refractivity contribution in [2.75, 3.05) is 13.7 Å². The Balaban J connectivity index is 2.00. The van der Waals surface area contributed by atoms with Crippen LogP contribution in [0.5, 0.6) is 11.5 Å². The highest BCUT2D eigenvalue weighted by atomic mass is 35.5. The van der Waals surface area contributed by atoms with Gasteiger partial charge in [0, 0.05) is 5.56 Å². The first kappa shape index (κ1) is 19.6. The van der Waals surface area contributed by atoms with E-state index in [2.05, 4.69) is 10.9 Å². The summed E-state index contributed by atoms with van der Waals surface area (Å²) in [7, 11) is 1.47. The maximum absolute atomic E-state index is 12.3. The van der Waals surface area contributed by atoms with Crippen LogP contribution in [0.2, 0.25) is 5.02 Å². The summed E-state index contributed by atoms with van der Waals surface area (Å²) >= 11 is 6.19. The molecule has 26 heavy (non-hydrogen) atoms. The van der Waals surface area contributed by atoms with Crippen LogP contribution in [0.3, 0.4) is 0 Å². The van der Waals surface area contributed by atoms with Crippen LogP contribution in [0.25, 0.3) is 0 Å². The zero-order valence-corrected chi connectivity index (χ0v) is 15.4. The van der Waals surface area contributed by atoms with Crippen molar-refractivity contribution in [2.24, 2.45) is 0 Å². The van der Waals surface area contributed by atoms with Crippen molar-refractivity contribution in [1.82, 2.24) is 10.9 Å². The molecule has 6 nitrogen and oxygen atoms in total. The van der Waals surface area contributed by atoms with Gasteiger partial charge in [0.05, 0.1) is 25.2 Å². The molecule has 0 aliphatic carbocycles. The first-order valence-corrected chi connectivity index (χ1v) is 8.56. The first-order valence-electron chi connectivity index (χ1n) is 8.18. The van der Waals surface area contributed by atoms with Crippen molar-refractivity contribution in [3.8, 4) is 11.5 Å². The maximum Gasteiger partial charge on any atom is 0.269 e. The van der Waals surface area contributed by atoms with Crippen molar-refractivity contribution in [3.05, 3.63) is 58.6 Å². The Morgan fingerprint density at radius 3 is 2.50 bits per heavy atom. The van der Waals surface area contributed by atoms with Crippen molar-refractivity contribution in [2.45, 2.75) is 19.8 Å². The summed E-state index contributed by atoms with van der Waals surface area (Å²) < 4.78 is 10.8. The number of halogens is 1. The molecule has 0 atom stereocenters. The number of rotatable bonds is 7. The molecule has 7 heteroatoms. The fraction of sp³-hybridized carbons (Fsp3) is 0.263. The second kappa shape index (κ2) is 9.68. The molecule has 2 rings (SSSR count). The van der Waals surface area contributed by atoms with Crippen molar-refractivity contribution in [1.29, 1.82) is 0 Å². The van der Waals surface area contributed by atoms with Gasteiger partial charge in [0.1, 0.15) is 0 Å². The topological polar surface area (TPSA) is 76.7 Å². The standard InChI is InChI=1S/C19H21ClN2O4/c1-3-9-26-18-15(20)11-14(12-16(18)25-2)19(24)22-21-17(23)10-13-7-5-4-6-8-13/h4-8,11-12H,3,9-10H2,1-2H3,(H,21,23)(H,22,24). The molecule has 0 saturated carbocycles. The minimum absolute atomic E-state index is 0.162. The second-order valence-corrected chi connectivity index (χ2v) is 5.91. The molecule has 0 aliphatic heterocycles. The molecule has 0 saturated heterocycles. The molecular formula is C19H21ClN2O4. The normalized spacial score (nSPS) is 10.1. The van der Waals surface area contributed by atoms with Gasteiger partial charge >= 0.3 is 0 Å². The zero-order valence-electron chi connectivity index (χ0n) is 14.7. The van der Waals surface area contributed by atoms with E-state index < -0.39 is 5.91 Å². The van der Waals surface area contributed by atoms with E-state index in [1.807, 2.05) is 37.3 Å². The Morgan fingerprint density at radius 2 is 1.85 bits per heavy atom. The number of benzene rings is 2. The van der Waals surface area contributed by atoms with Gasteiger partial charge in [-0.05, 0) is 24.1 Å². The van der Waals surface area contributed by atoms with Gasteiger partial charge in [-0.2, -0.15) is 0 Å². The Kier molecular flexibility index (Phi) is 7.29. The molecule has 0 unspecified atom stereocenters. The van der Waals surface area contributed by atoms with E-state index >= 15 is 0 Å². The quantitative estimate of drug-likeness (QED) is 0.728. The third-order valence-corrected chi connectivity index (χ3v) is 3.75. The van der Waals surface area contributed by atoms with Crippen LogP contribution >= 0.6 is 11.6 Å². The van der Waals surface area contributed by atoms with E-state index in [1.165, 1.54) is 19.2 Å². The van der Waals surface area contributed by atoms with E-state index in [4.69, 9.17) is 21.1 Å². The van der Waals surface area contributed by atoms with E-state index in [9.17, 15) is 9.59 Å². The summed E-state index contributed by atoms with van der Waals surface area (Å²) in [6.07, 6.45) is 0.976. The van der Waals surface area contributed by atoms with Gasteiger partial charge in [-0.25, -0.2) is 0 Å². The van der Waals surface area contributed by atoms with E-state index in [-0.39, 0.29) is 22.9 Å². The fourth-order valence-corrected chi connectivity index (χ4v) is 2.48. The summed E-state index contributed by atoms with van der Waals surface area (Å²) in [5.41, 5.74) is 5.84. The SMILES string of the molecule is CCCOc1c(Cl)cc(C(=O)NNC(=O)Cc2ccccc2)cc1OC. The average Bonchev–Trinajstić information content (AvgIpc) is 2.65. The highest BCUT2D eigenvalue weighted by Crippen LogP contribution is 2.36. The number of nitrogens with one attached hydrogen (secondary N) is 2. The van der Waals surface area contributed by atoms with Crippen LogP contribution in [-0.4, -0.2) is 25.5 Å². The average molecular weight is 377 g/mol. The number of carbonyl (C=O) groups is 2. The lowest BCUT2D eigenvalue weighted by molar-refractivity contribution is -0.121. The fourth-order valence-electron chi connectivity index (χ4n) is 2.22. The summed E-state index contributed by atoms with van der Waals surface area (Å²) in [6, 6.07) is 12.2. The summed E-state index contributed by atoms with van der Waals surface area (Å²) in [4.78, 5) is 24.2. The van der Waals surface area contributed by atoms with Crippen molar-refractivity contribution in [3.63, 3.8) is 0 Å². The van der Waals surface area contributed by atoms with Gasteiger partial charge < -0.3 is 9.47 Å². The lowest BCUT2D eigenvalue weighted by Gasteiger charge is -2.14. The monoisotopic (exact) mass is 376 g/mol. The zero-order chi connectivity index (χ0) is 18.9. The third kappa shape index (κ3) is 5.39. The molecule has 2 N–H and O–H groups in total. The molecule has 0 radical (unpaired) electrons. The number of carbonyl (C=O) groups excluding carboxylic acids is 2. The molecule has 0 spiro atoms. The minimum Gasteiger partial charge on any atom is -0.493 e. The number of hydrogen-bond donors (Lipinski definition) is 2. The molecule has 138 valence electrons. The predicted molar refractivity (Wildman–Crippen MR) is 99.5 cm³/mol. The van der Waals surface area contributed by atoms with Crippen LogP contribution in [-0.2, 0) is 11.2 Å². The molecule has 0 aliphatic rings. The first-order chi connectivity index (χ1) is 12.5. The Bertz CT molecular complexity index is 766. The Labute approximate surface area is 157 Å².